The van der Waals surface area contributed by atoms with Crippen LogP contribution >= 0.6 is 0 Å². The fourth-order valence-corrected chi connectivity index (χ4v) is 2.91. The first-order valence-electron chi connectivity index (χ1n) is 9.01. The van der Waals surface area contributed by atoms with Gasteiger partial charge in [-0.3, -0.25) is 9.59 Å². The molecule has 0 unspecified atom stereocenters. The first kappa shape index (κ1) is 19.0. The van der Waals surface area contributed by atoms with Gasteiger partial charge in [0.2, 0.25) is 5.82 Å². The minimum absolute atomic E-state index is 0.0809. The molecule has 8 heteroatoms. The topological polar surface area (TPSA) is 103 Å². The number of carbonyl (C=O) groups is 2. The number of para-hydroxylation sites is 1. The summed E-state index contributed by atoms with van der Waals surface area (Å²) in [6, 6.07) is 22.2. The van der Waals surface area contributed by atoms with Crippen molar-refractivity contribution in [3.8, 4) is 17.1 Å². The second-order valence-electron chi connectivity index (χ2n) is 6.39. The lowest BCUT2D eigenvalue weighted by Crippen LogP contribution is -2.17. The average molecular weight is 401 g/mol. The lowest BCUT2D eigenvalue weighted by atomic mass is 10.2. The van der Waals surface area contributed by atoms with E-state index >= 15 is 0 Å². The summed E-state index contributed by atoms with van der Waals surface area (Å²) in [5, 5.41) is 6.93. The van der Waals surface area contributed by atoms with Crippen LogP contribution in [-0.2, 0) is 0 Å². The second-order valence-corrected chi connectivity index (χ2v) is 6.39. The number of primary amides is 1. The smallest absolute Gasteiger partial charge is 0.295 e. The molecule has 1 aromatic heterocycles. The highest BCUT2D eigenvalue weighted by Crippen LogP contribution is 2.22. The van der Waals surface area contributed by atoms with Gasteiger partial charge in [-0.25, -0.2) is 14.1 Å². The van der Waals surface area contributed by atoms with Gasteiger partial charge in [0.1, 0.15) is 5.82 Å². The van der Waals surface area contributed by atoms with Crippen LogP contribution in [0.2, 0.25) is 0 Å². The molecule has 0 saturated heterocycles. The van der Waals surface area contributed by atoms with E-state index in [4.69, 9.17) is 5.73 Å². The van der Waals surface area contributed by atoms with Crippen molar-refractivity contribution in [2.24, 2.45) is 5.73 Å². The molecular formula is C22H16FN5O2. The molecule has 0 radical (unpaired) electrons. The normalized spacial score (nSPS) is 10.6. The molecule has 2 amide bonds. The zero-order valence-electron chi connectivity index (χ0n) is 15.6. The van der Waals surface area contributed by atoms with Gasteiger partial charge < -0.3 is 11.1 Å². The van der Waals surface area contributed by atoms with Gasteiger partial charge in [0, 0.05) is 11.3 Å². The van der Waals surface area contributed by atoms with E-state index in [0.29, 0.717) is 5.82 Å². The van der Waals surface area contributed by atoms with Crippen molar-refractivity contribution in [3.63, 3.8) is 0 Å². The van der Waals surface area contributed by atoms with Gasteiger partial charge in [0.15, 0.2) is 5.82 Å². The van der Waals surface area contributed by atoms with Crippen LogP contribution in [0.1, 0.15) is 21.0 Å². The number of nitrogens with two attached hydrogens (primary N) is 1. The molecular weight excluding hydrogens is 385 g/mol. The van der Waals surface area contributed by atoms with E-state index < -0.39 is 17.6 Å². The van der Waals surface area contributed by atoms with E-state index in [1.165, 1.54) is 12.1 Å². The number of amides is 2. The number of aromatic nitrogens is 3. The van der Waals surface area contributed by atoms with Crippen LogP contribution in [0.15, 0.2) is 78.9 Å². The second kappa shape index (κ2) is 7.96. The molecule has 4 rings (SSSR count). The van der Waals surface area contributed by atoms with Crippen LogP contribution in [-0.4, -0.2) is 26.6 Å². The maximum Gasteiger partial charge on any atom is 0.295 e. The third kappa shape index (κ3) is 3.79. The number of hydrogen-bond donors (Lipinski definition) is 2. The van der Waals surface area contributed by atoms with Gasteiger partial charge in [-0.15, -0.1) is 5.10 Å². The summed E-state index contributed by atoms with van der Waals surface area (Å²) < 4.78 is 15.2. The van der Waals surface area contributed by atoms with Crippen LogP contribution in [0.25, 0.3) is 17.1 Å². The Kier molecular flexibility index (Phi) is 5.04. The summed E-state index contributed by atoms with van der Waals surface area (Å²) >= 11 is 0. The van der Waals surface area contributed by atoms with Crippen LogP contribution in [0, 0.1) is 5.82 Å². The Hall–Kier alpha value is -4.33. The first-order chi connectivity index (χ1) is 14.5. The highest BCUT2D eigenvalue weighted by Gasteiger charge is 2.19. The molecule has 0 aliphatic heterocycles. The number of hydrogen-bond acceptors (Lipinski definition) is 4. The Balaban J connectivity index is 1.71. The van der Waals surface area contributed by atoms with E-state index in [1.54, 1.807) is 4.68 Å². The van der Waals surface area contributed by atoms with Crippen molar-refractivity contribution in [1.29, 1.82) is 0 Å². The number of anilines is 1. The maximum absolute atomic E-state index is 13.7. The highest BCUT2D eigenvalue weighted by molar-refractivity contribution is 6.03. The van der Waals surface area contributed by atoms with Gasteiger partial charge in [0.05, 0.1) is 11.3 Å². The Bertz CT molecular complexity index is 1170. The van der Waals surface area contributed by atoms with Crippen molar-refractivity contribution < 1.29 is 14.0 Å². The first-order valence-corrected chi connectivity index (χ1v) is 9.01. The predicted octanol–water partition coefficient (Wildman–Crippen LogP) is 3.42. The summed E-state index contributed by atoms with van der Waals surface area (Å²) in [5.41, 5.74) is 6.56. The van der Waals surface area contributed by atoms with E-state index in [0.717, 1.165) is 17.3 Å². The molecule has 148 valence electrons. The van der Waals surface area contributed by atoms with Gasteiger partial charge >= 0.3 is 0 Å². The summed E-state index contributed by atoms with van der Waals surface area (Å²) in [6.45, 7) is 0. The summed E-state index contributed by atoms with van der Waals surface area (Å²) in [6.07, 6.45) is 0. The molecule has 0 bridgehead atoms. The van der Waals surface area contributed by atoms with E-state index in [9.17, 15) is 14.0 Å². The summed E-state index contributed by atoms with van der Waals surface area (Å²) in [4.78, 5) is 28.5. The van der Waals surface area contributed by atoms with Gasteiger partial charge in [-0.1, -0.05) is 48.5 Å². The van der Waals surface area contributed by atoms with Crippen molar-refractivity contribution in [3.05, 3.63) is 96.1 Å². The SMILES string of the molecule is NC(=O)c1cc(NC(=O)c2nc(-c3ccccc3)n(-c3ccccc3)n2)ccc1F. The number of carbonyl (C=O) groups excluding carboxylic acids is 2. The molecule has 0 atom stereocenters. The lowest BCUT2D eigenvalue weighted by molar-refractivity contribution is 0.0991. The Morgan fingerprint density at radius 3 is 2.27 bits per heavy atom. The number of nitrogens with zero attached hydrogens (tertiary/aromatic N) is 3. The maximum atomic E-state index is 13.7. The fourth-order valence-electron chi connectivity index (χ4n) is 2.91. The zero-order chi connectivity index (χ0) is 21.1. The molecule has 0 saturated carbocycles. The molecule has 7 nitrogen and oxygen atoms in total. The quantitative estimate of drug-likeness (QED) is 0.535. The van der Waals surface area contributed by atoms with Crippen molar-refractivity contribution in [1.82, 2.24) is 14.8 Å². The zero-order valence-corrected chi connectivity index (χ0v) is 15.6. The van der Waals surface area contributed by atoms with Gasteiger partial charge in [0.25, 0.3) is 11.8 Å². The Morgan fingerprint density at radius 2 is 1.60 bits per heavy atom. The van der Waals surface area contributed by atoms with Crippen molar-refractivity contribution >= 4 is 17.5 Å². The van der Waals surface area contributed by atoms with Crippen LogP contribution < -0.4 is 11.1 Å². The van der Waals surface area contributed by atoms with Crippen molar-refractivity contribution in [2.75, 3.05) is 5.32 Å². The Morgan fingerprint density at radius 1 is 0.933 bits per heavy atom. The molecule has 30 heavy (non-hydrogen) atoms. The molecule has 3 N–H and O–H groups in total. The standard InChI is InChI=1S/C22H16FN5O2/c23-18-12-11-15(13-17(18)19(24)29)25-22(30)20-26-21(14-7-3-1-4-8-14)28(27-20)16-9-5-2-6-10-16/h1-13H,(H2,24,29)(H,25,30). The molecule has 4 aromatic rings. The number of rotatable bonds is 5. The lowest BCUT2D eigenvalue weighted by Gasteiger charge is -2.05. The number of nitrogens with one attached hydrogen (secondary N) is 1. The number of benzene rings is 3. The largest absolute Gasteiger partial charge is 0.366 e. The van der Waals surface area contributed by atoms with Gasteiger partial charge in [-0.2, -0.15) is 0 Å². The van der Waals surface area contributed by atoms with E-state index in [2.05, 4.69) is 15.4 Å². The molecule has 3 aromatic carbocycles. The van der Waals surface area contributed by atoms with Gasteiger partial charge in [-0.05, 0) is 30.3 Å². The van der Waals surface area contributed by atoms with Crippen LogP contribution in [0.5, 0.6) is 0 Å². The highest BCUT2D eigenvalue weighted by atomic mass is 19.1. The Labute approximate surface area is 171 Å². The molecule has 0 aliphatic carbocycles. The molecule has 0 fully saturated rings. The molecule has 0 aliphatic rings. The monoisotopic (exact) mass is 401 g/mol. The molecule has 1 heterocycles. The molecule has 0 spiro atoms. The fraction of sp³-hybridized carbons (Fsp3) is 0. The minimum atomic E-state index is -0.929. The average Bonchev–Trinajstić information content (AvgIpc) is 3.22. The summed E-state index contributed by atoms with van der Waals surface area (Å²) in [7, 11) is 0. The third-order valence-electron chi connectivity index (χ3n) is 4.33. The van der Waals surface area contributed by atoms with E-state index in [1.807, 2.05) is 60.7 Å². The number of halogens is 1. The predicted molar refractivity (Wildman–Crippen MR) is 110 cm³/mol. The van der Waals surface area contributed by atoms with Crippen LogP contribution in [0.3, 0.4) is 0 Å². The van der Waals surface area contributed by atoms with Crippen LogP contribution in [0.4, 0.5) is 10.1 Å². The van der Waals surface area contributed by atoms with Crippen molar-refractivity contribution in [2.45, 2.75) is 0 Å². The third-order valence-corrected chi connectivity index (χ3v) is 4.33. The van der Waals surface area contributed by atoms with E-state index in [-0.39, 0.29) is 17.1 Å². The minimum Gasteiger partial charge on any atom is -0.366 e. The summed E-state index contributed by atoms with van der Waals surface area (Å²) in [5.74, 6) is -1.89.